The normalized spacial score (nSPS) is 11.6. The number of hydrogen-bond acceptors (Lipinski definition) is 4. The van der Waals surface area contributed by atoms with E-state index in [9.17, 15) is 14.7 Å². The second-order valence-corrected chi connectivity index (χ2v) is 4.90. The Labute approximate surface area is 129 Å². The van der Waals surface area contributed by atoms with Gasteiger partial charge in [0, 0.05) is 6.42 Å². The number of rotatable bonds is 8. The zero-order chi connectivity index (χ0) is 16.5. The number of nitrogens with one attached hydrogen (secondary N) is 1. The Morgan fingerprint density at radius 2 is 2.05 bits per heavy atom. The molecule has 6 nitrogen and oxygen atoms in total. The predicted octanol–water partition coefficient (Wildman–Crippen LogP) is 2.38. The zero-order valence-corrected chi connectivity index (χ0v) is 12.7. The molecule has 0 radical (unpaired) electrons. The maximum atomic E-state index is 11.5. The highest BCUT2D eigenvalue weighted by molar-refractivity contribution is 5.80. The highest BCUT2D eigenvalue weighted by atomic mass is 16.5. The molecule has 0 aromatic heterocycles. The van der Waals surface area contributed by atoms with Gasteiger partial charge in [-0.25, -0.2) is 9.59 Å². The number of aliphatic carboxylic acids is 1. The molecule has 120 valence electrons. The van der Waals surface area contributed by atoms with Crippen LogP contribution in [-0.4, -0.2) is 35.9 Å². The third kappa shape index (κ3) is 5.87. The van der Waals surface area contributed by atoms with Gasteiger partial charge in [0.25, 0.3) is 0 Å². The van der Waals surface area contributed by atoms with Crippen LogP contribution < -0.4 is 10.1 Å². The van der Waals surface area contributed by atoms with Crippen LogP contribution in [0.15, 0.2) is 36.9 Å². The summed E-state index contributed by atoms with van der Waals surface area (Å²) in [6, 6.07) is 6.03. The van der Waals surface area contributed by atoms with Crippen molar-refractivity contribution in [2.45, 2.75) is 32.4 Å². The second-order valence-electron chi connectivity index (χ2n) is 4.90. The summed E-state index contributed by atoms with van der Waals surface area (Å²) in [6.07, 6.45) is 0.673. The fraction of sp³-hybridized carbons (Fsp3) is 0.375. The van der Waals surface area contributed by atoms with Crippen LogP contribution in [0.4, 0.5) is 4.79 Å². The first-order valence-electron chi connectivity index (χ1n) is 6.95. The van der Waals surface area contributed by atoms with Crippen molar-refractivity contribution in [3.05, 3.63) is 42.5 Å². The second kappa shape index (κ2) is 8.71. The van der Waals surface area contributed by atoms with Gasteiger partial charge in [-0.2, -0.15) is 0 Å². The van der Waals surface area contributed by atoms with Crippen molar-refractivity contribution in [2.75, 3.05) is 6.61 Å². The molecule has 0 spiro atoms. The van der Waals surface area contributed by atoms with Crippen LogP contribution in [0.5, 0.6) is 5.75 Å². The average Bonchev–Trinajstić information content (AvgIpc) is 2.45. The Morgan fingerprint density at radius 1 is 1.36 bits per heavy atom. The first-order chi connectivity index (χ1) is 10.4. The van der Waals surface area contributed by atoms with E-state index in [4.69, 9.17) is 9.47 Å². The maximum absolute atomic E-state index is 11.5. The number of para-hydroxylation sites is 1. The molecule has 0 bridgehead atoms. The number of carbonyl (C=O) groups excluding carboxylic acids is 1. The van der Waals surface area contributed by atoms with Gasteiger partial charge in [0.2, 0.25) is 0 Å². The number of alkyl carbamates (subject to hydrolysis) is 1. The van der Waals surface area contributed by atoms with E-state index in [2.05, 4.69) is 11.9 Å². The SMILES string of the molecule is C=CCOC(=O)NC(Cc1ccccc1OC(C)C)C(=O)O. The molecule has 1 rings (SSSR count). The van der Waals surface area contributed by atoms with E-state index in [1.807, 2.05) is 19.9 Å². The third-order valence-electron chi connectivity index (χ3n) is 2.68. The first-order valence-corrected chi connectivity index (χ1v) is 6.95. The van der Waals surface area contributed by atoms with E-state index in [0.29, 0.717) is 11.3 Å². The van der Waals surface area contributed by atoms with Crippen LogP contribution in [0.3, 0.4) is 0 Å². The van der Waals surface area contributed by atoms with Crippen molar-refractivity contribution in [1.29, 1.82) is 0 Å². The van der Waals surface area contributed by atoms with Gasteiger partial charge >= 0.3 is 12.1 Å². The van der Waals surface area contributed by atoms with E-state index >= 15 is 0 Å². The third-order valence-corrected chi connectivity index (χ3v) is 2.68. The molecule has 22 heavy (non-hydrogen) atoms. The van der Waals surface area contributed by atoms with Crippen LogP contribution in [0.1, 0.15) is 19.4 Å². The molecule has 1 aromatic carbocycles. The van der Waals surface area contributed by atoms with Gasteiger partial charge < -0.3 is 19.9 Å². The van der Waals surface area contributed by atoms with Gasteiger partial charge in [-0.15, -0.1) is 0 Å². The summed E-state index contributed by atoms with van der Waals surface area (Å²) in [6.45, 7) is 7.21. The molecule has 2 N–H and O–H groups in total. The molecule has 0 fully saturated rings. The van der Waals surface area contributed by atoms with Crippen molar-refractivity contribution in [3.63, 3.8) is 0 Å². The molecule has 1 amide bonds. The van der Waals surface area contributed by atoms with Crippen molar-refractivity contribution < 1.29 is 24.2 Å². The number of hydrogen-bond donors (Lipinski definition) is 2. The number of carboxylic acid groups (broad SMARTS) is 1. The Bertz CT molecular complexity index is 527. The fourth-order valence-electron chi connectivity index (χ4n) is 1.78. The van der Waals surface area contributed by atoms with Gasteiger partial charge in [-0.1, -0.05) is 30.9 Å². The van der Waals surface area contributed by atoms with E-state index in [1.54, 1.807) is 18.2 Å². The molecule has 0 saturated carbocycles. The minimum Gasteiger partial charge on any atom is -0.491 e. The van der Waals surface area contributed by atoms with E-state index < -0.39 is 18.1 Å². The van der Waals surface area contributed by atoms with Crippen molar-refractivity contribution in [2.24, 2.45) is 0 Å². The molecule has 1 unspecified atom stereocenters. The van der Waals surface area contributed by atoms with E-state index in [-0.39, 0.29) is 19.1 Å². The van der Waals surface area contributed by atoms with Crippen LogP contribution >= 0.6 is 0 Å². The number of carboxylic acids is 1. The van der Waals surface area contributed by atoms with E-state index in [1.165, 1.54) is 6.08 Å². The zero-order valence-electron chi connectivity index (χ0n) is 12.7. The monoisotopic (exact) mass is 307 g/mol. The topological polar surface area (TPSA) is 84.9 Å². The molecule has 6 heteroatoms. The highest BCUT2D eigenvalue weighted by Crippen LogP contribution is 2.21. The van der Waals surface area contributed by atoms with E-state index in [0.717, 1.165) is 0 Å². The summed E-state index contributed by atoms with van der Waals surface area (Å²) in [5.41, 5.74) is 0.702. The smallest absolute Gasteiger partial charge is 0.408 e. The van der Waals surface area contributed by atoms with Crippen molar-refractivity contribution >= 4 is 12.1 Å². The summed E-state index contributed by atoms with van der Waals surface area (Å²) in [7, 11) is 0. The number of ether oxygens (including phenoxy) is 2. The van der Waals surface area contributed by atoms with Crippen molar-refractivity contribution in [1.82, 2.24) is 5.32 Å². The minimum atomic E-state index is -1.14. The Hall–Kier alpha value is -2.50. The standard InChI is InChI=1S/C16H21NO5/c1-4-9-21-16(20)17-13(15(18)19)10-12-7-5-6-8-14(12)22-11(2)3/h4-8,11,13H,1,9-10H2,2-3H3,(H,17,20)(H,18,19). The predicted molar refractivity (Wildman–Crippen MR) is 82.0 cm³/mol. The fourth-order valence-corrected chi connectivity index (χ4v) is 1.78. The summed E-state index contributed by atoms with van der Waals surface area (Å²) in [4.78, 5) is 22.8. The Morgan fingerprint density at radius 3 is 2.64 bits per heavy atom. The number of benzene rings is 1. The first kappa shape index (κ1) is 17.6. The minimum absolute atomic E-state index is 0.0191. The van der Waals surface area contributed by atoms with Gasteiger partial charge in [0.15, 0.2) is 0 Å². The van der Waals surface area contributed by atoms with Crippen LogP contribution in [-0.2, 0) is 16.0 Å². The molecule has 1 aromatic rings. The summed E-state index contributed by atoms with van der Waals surface area (Å²) < 4.78 is 10.4. The number of amides is 1. The lowest BCUT2D eigenvalue weighted by atomic mass is 10.0. The Balaban J connectivity index is 2.81. The maximum Gasteiger partial charge on any atom is 0.408 e. The highest BCUT2D eigenvalue weighted by Gasteiger charge is 2.22. The average molecular weight is 307 g/mol. The van der Waals surface area contributed by atoms with Crippen LogP contribution in [0.25, 0.3) is 0 Å². The van der Waals surface area contributed by atoms with Crippen LogP contribution in [0.2, 0.25) is 0 Å². The number of carbonyl (C=O) groups is 2. The molecule has 0 aliphatic carbocycles. The largest absolute Gasteiger partial charge is 0.491 e. The lowest BCUT2D eigenvalue weighted by Crippen LogP contribution is -2.42. The lowest BCUT2D eigenvalue weighted by molar-refractivity contribution is -0.139. The quantitative estimate of drug-likeness (QED) is 0.720. The summed E-state index contributed by atoms with van der Waals surface area (Å²) in [5, 5.41) is 11.6. The molecule has 0 aliphatic rings. The molecule has 1 atom stereocenters. The Kier molecular flexibility index (Phi) is 6.95. The molecular weight excluding hydrogens is 286 g/mol. The van der Waals surface area contributed by atoms with Gasteiger partial charge in [-0.05, 0) is 25.5 Å². The molecule has 0 heterocycles. The molecule has 0 saturated heterocycles. The lowest BCUT2D eigenvalue weighted by Gasteiger charge is -2.18. The summed E-state index contributed by atoms with van der Waals surface area (Å²) >= 11 is 0. The molecule has 0 aliphatic heterocycles. The summed E-state index contributed by atoms with van der Waals surface area (Å²) in [5.74, 6) is -0.542. The van der Waals surface area contributed by atoms with Crippen LogP contribution in [0, 0.1) is 0 Å². The van der Waals surface area contributed by atoms with Gasteiger partial charge in [0.1, 0.15) is 18.4 Å². The molecular formula is C16H21NO5. The van der Waals surface area contributed by atoms with Gasteiger partial charge in [-0.3, -0.25) is 0 Å². The van der Waals surface area contributed by atoms with Gasteiger partial charge in [0.05, 0.1) is 6.10 Å². The van der Waals surface area contributed by atoms with Crippen molar-refractivity contribution in [3.8, 4) is 5.75 Å².